The van der Waals surface area contributed by atoms with Crippen molar-refractivity contribution in [3.8, 4) is 5.75 Å². The van der Waals surface area contributed by atoms with Crippen LogP contribution in [0, 0.1) is 0 Å². The molecule has 0 spiro atoms. The third-order valence-electron chi connectivity index (χ3n) is 4.55. The van der Waals surface area contributed by atoms with Crippen molar-refractivity contribution in [1.82, 2.24) is 9.71 Å². The molecule has 1 aromatic carbocycles. The van der Waals surface area contributed by atoms with Gasteiger partial charge in [-0.25, -0.2) is 18.1 Å². The SMILES string of the molecule is CCOc1ccc(S(=O)(=O)NCCC(=O)Nc2ccc(N3CCCC3)nc2)cc1. The molecule has 8 nitrogen and oxygen atoms in total. The summed E-state index contributed by atoms with van der Waals surface area (Å²) in [5, 5.41) is 2.74. The van der Waals surface area contributed by atoms with Crippen LogP contribution in [0.5, 0.6) is 5.75 Å². The van der Waals surface area contributed by atoms with Crippen LogP contribution in [0.2, 0.25) is 0 Å². The molecule has 2 aromatic rings. The van der Waals surface area contributed by atoms with Crippen molar-refractivity contribution in [2.75, 3.05) is 36.5 Å². The number of pyridine rings is 1. The Morgan fingerprint density at radius 2 is 1.86 bits per heavy atom. The van der Waals surface area contributed by atoms with E-state index in [1.165, 1.54) is 25.0 Å². The van der Waals surface area contributed by atoms with E-state index in [1.54, 1.807) is 18.3 Å². The van der Waals surface area contributed by atoms with Gasteiger partial charge < -0.3 is 15.0 Å². The molecule has 0 unspecified atom stereocenters. The highest BCUT2D eigenvalue weighted by Gasteiger charge is 2.15. The third-order valence-corrected chi connectivity index (χ3v) is 6.03. The van der Waals surface area contributed by atoms with Crippen molar-refractivity contribution in [1.29, 1.82) is 0 Å². The van der Waals surface area contributed by atoms with Gasteiger partial charge in [0.25, 0.3) is 0 Å². The van der Waals surface area contributed by atoms with Gasteiger partial charge in [-0.15, -0.1) is 0 Å². The van der Waals surface area contributed by atoms with E-state index in [0.717, 1.165) is 18.9 Å². The van der Waals surface area contributed by atoms with Crippen molar-refractivity contribution in [2.45, 2.75) is 31.1 Å². The molecular weight excluding hydrogens is 392 g/mol. The average Bonchev–Trinajstić information content (AvgIpc) is 3.24. The van der Waals surface area contributed by atoms with Crippen LogP contribution >= 0.6 is 0 Å². The largest absolute Gasteiger partial charge is 0.494 e. The fraction of sp³-hybridized carbons (Fsp3) is 0.400. The van der Waals surface area contributed by atoms with Gasteiger partial charge in [0.05, 0.1) is 23.4 Å². The lowest BCUT2D eigenvalue weighted by molar-refractivity contribution is -0.116. The van der Waals surface area contributed by atoms with Crippen molar-refractivity contribution in [3.05, 3.63) is 42.6 Å². The van der Waals surface area contributed by atoms with Gasteiger partial charge in [0.2, 0.25) is 15.9 Å². The number of anilines is 2. The Labute approximate surface area is 171 Å². The summed E-state index contributed by atoms with van der Waals surface area (Å²) in [5.74, 6) is 1.23. The molecule has 1 aromatic heterocycles. The van der Waals surface area contributed by atoms with Gasteiger partial charge in [0.15, 0.2) is 0 Å². The highest BCUT2D eigenvalue weighted by Crippen LogP contribution is 2.19. The Hall–Kier alpha value is -2.65. The Morgan fingerprint density at radius 1 is 1.14 bits per heavy atom. The molecule has 156 valence electrons. The van der Waals surface area contributed by atoms with Crippen LogP contribution in [-0.4, -0.2) is 45.6 Å². The standard InChI is InChI=1S/C20H26N4O4S/c1-2-28-17-6-8-18(9-7-17)29(26,27)22-12-11-20(25)23-16-5-10-19(21-15-16)24-13-3-4-14-24/h5-10,15,22H,2-4,11-14H2,1H3,(H,23,25). The molecule has 0 aliphatic carbocycles. The lowest BCUT2D eigenvalue weighted by Gasteiger charge is -2.16. The van der Waals surface area contributed by atoms with Crippen LogP contribution < -0.4 is 19.7 Å². The second-order valence-corrected chi connectivity index (χ2v) is 8.47. The van der Waals surface area contributed by atoms with Gasteiger partial charge in [-0.3, -0.25) is 4.79 Å². The number of hydrogen-bond donors (Lipinski definition) is 2. The molecule has 1 fully saturated rings. The normalized spacial score (nSPS) is 14.0. The zero-order valence-electron chi connectivity index (χ0n) is 16.4. The lowest BCUT2D eigenvalue weighted by atomic mass is 10.3. The molecule has 3 rings (SSSR count). The summed E-state index contributed by atoms with van der Waals surface area (Å²) in [5.41, 5.74) is 0.590. The summed E-state index contributed by atoms with van der Waals surface area (Å²) in [6.45, 7) is 4.38. The predicted octanol–water partition coefficient (Wildman–Crippen LogP) is 2.39. The van der Waals surface area contributed by atoms with E-state index in [1.807, 2.05) is 19.1 Å². The van der Waals surface area contributed by atoms with E-state index < -0.39 is 10.0 Å². The van der Waals surface area contributed by atoms with Crippen LogP contribution in [0.25, 0.3) is 0 Å². The molecule has 1 aliphatic rings. The van der Waals surface area contributed by atoms with Crippen molar-refractivity contribution >= 4 is 27.4 Å². The number of sulfonamides is 1. The van der Waals surface area contributed by atoms with E-state index in [0.29, 0.717) is 18.0 Å². The highest BCUT2D eigenvalue weighted by molar-refractivity contribution is 7.89. The Kier molecular flexibility index (Phi) is 7.05. The first kappa shape index (κ1) is 21.1. The van der Waals surface area contributed by atoms with Gasteiger partial charge in [-0.1, -0.05) is 0 Å². The maximum absolute atomic E-state index is 12.3. The Morgan fingerprint density at radius 3 is 2.48 bits per heavy atom. The third kappa shape index (κ3) is 5.91. The van der Waals surface area contributed by atoms with Gasteiger partial charge in [0.1, 0.15) is 11.6 Å². The topological polar surface area (TPSA) is 101 Å². The summed E-state index contributed by atoms with van der Waals surface area (Å²) in [6, 6.07) is 9.84. The van der Waals surface area contributed by atoms with Gasteiger partial charge >= 0.3 is 0 Å². The van der Waals surface area contributed by atoms with Crippen molar-refractivity contribution < 1.29 is 17.9 Å². The number of nitrogens with zero attached hydrogens (tertiary/aromatic N) is 2. The van der Waals surface area contributed by atoms with Crippen molar-refractivity contribution in [2.24, 2.45) is 0 Å². The first-order valence-electron chi connectivity index (χ1n) is 9.71. The number of amides is 1. The molecular formula is C20H26N4O4S. The number of carbonyl (C=O) groups excluding carboxylic acids is 1. The first-order chi connectivity index (χ1) is 14.0. The number of nitrogens with one attached hydrogen (secondary N) is 2. The summed E-state index contributed by atoms with van der Waals surface area (Å²) in [6.07, 6.45) is 3.99. The monoisotopic (exact) mass is 418 g/mol. The molecule has 0 bridgehead atoms. The Balaban J connectivity index is 1.46. The quantitative estimate of drug-likeness (QED) is 0.649. The number of aromatic nitrogens is 1. The summed E-state index contributed by atoms with van der Waals surface area (Å²) in [4.78, 5) is 18.8. The molecule has 2 N–H and O–H groups in total. The summed E-state index contributed by atoms with van der Waals surface area (Å²) < 4.78 is 32.4. The van der Waals surface area contributed by atoms with Crippen LogP contribution in [0.15, 0.2) is 47.5 Å². The number of rotatable bonds is 9. The fourth-order valence-corrected chi connectivity index (χ4v) is 4.11. The van der Waals surface area contributed by atoms with Gasteiger partial charge in [-0.2, -0.15) is 0 Å². The van der Waals surface area contributed by atoms with E-state index in [4.69, 9.17) is 4.74 Å². The molecule has 0 saturated carbocycles. The molecule has 0 atom stereocenters. The summed E-state index contributed by atoms with van der Waals surface area (Å²) in [7, 11) is -3.68. The second-order valence-electron chi connectivity index (χ2n) is 6.70. The van der Waals surface area contributed by atoms with Gasteiger partial charge in [-0.05, 0) is 56.2 Å². The number of benzene rings is 1. The number of carbonyl (C=O) groups is 1. The molecule has 9 heteroatoms. The fourth-order valence-electron chi connectivity index (χ4n) is 3.08. The molecule has 0 radical (unpaired) electrons. The van der Waals surface area contributed by atoms with E-state index in [-0.39, 0.29) is 23.8 Å². The van der Waals surface area contributed by atoms with E-state index in [2.05, 4.69) is 19.9 Å². The van der Waals surface area contributed by atoms with Crippen LogP contribution in [0.1, 0.15) is 26.2 Å². The smallest absolute Gasteiger partial charge is 0.240 e. The molecule has 2 heterocycles. The molecule has 29 heavy (non-hydrogen) atoms. The van der Waals surface area contributed by atoms with E-state index >= 15 is 0 Å². The zero-order chi connectivity index (χ0) is 20.7. The van der Waals surface area contributed by atoms with Gasteiger partial charge in [0, 0.05) is 26.1 Å². The number of hydrogen-bond acceptors (Lipinski definition) is 6. The first-order valence-corrected chi connectivity index (χ1v) is 11.2. The van der Waals surface area contributed by atoms with Crippen LogP contribution in [0.3, 0.4) is 0 Å². The lowest BCUT2D eigenvalue weighted by Crippen LogP contribution is -2.27. The summed E-state index contributed by atoms with van der Waals surface area (Å²) >= 11 is 0. The number of ether oxygens (including phenoxy) is 1. The second kappa shape index (κ2) is 9.71. The highest BCUT2D eigenvalue weighted by atomic mass is 32.2. The predicted molar refractivity (Wildman–Crippen MR) is 112 cm³/mol. The van der Waals surface area contributed by atoms with Crippen LogP contribution in [0.4, 0.5) is 11.5 Å². The average molecular weight is 419 g/mol. The molecule has 1 saturated heterocycles. The zero-order valence-corrected chi connectivity index (χ0v) is 17.2. The molecule has 1 amide bonds. The Bertz CT molecular complexity index is 909. The minimum atomic E-state index is -3.68. The minimum absolute atomic E-state index is 0.000663. The van der Waals surface area contributed by atoms with E-state index in [9.17, 15) is 13.2 Å². The maximum Gasteiger partial charge on any atom is 0.240 e. The maximum atomic E-state index is 12.3. The molecule has 1 aliphatic heterocycles. The van der Waals surface area contributed by atoms with Crippen LogP contribution in [-0.2, 0) is 14.8 Å². The van der Waals surface area contributed by atoms with Crippen molar-refractivity contribution in [3.63, 3.8) is 0 Å². The minimum Gasteiger partial charge on any atom is -0.494 e.